The highest BCUT2D eigenvalue weighted by Gasteiger charge is 2.34. The number of carbonyl (C=O) groups excluding carboxylic acids is 1. The van der Waals surface area contributed by atoms with Crippen molar-refractivity contribution in [1.82, 2.24) is 10.3 Å². The summed E-state index contributed by atoms with van der Waals surface area (Å²) in [5.74, 6) is 0.0438. The Morgan fingerprint density at radius 3 is 2.75 bits per heavy atom. The van der Waals surface area contributed by atoms with E-state index in [0.717, 1.165) is 35.7 Å². The summed E-state index contributed by atoms with van der Waals surface area (Å²) in [7, 11) is 1.74. The molecule has 0 atom stereocenters. The Morgan fingerprint density at radius 1 is 1.29 bits per heavy atom. The van der Waals surface area contributed by atoms with Crippen molar-refractivity contribution < 1.29 is 9.53 Å². The number of hydrogen-bond donors (Lipinski definition) is 1. The maximum Gasteiger partial charge on any atom is 0.226 e. The normalized spacial score (nSPS) is 16.2. The molecule has 1 aromatic heterocycles. The van der Waals surface area contributed by atoms with E-state index in [0.29, 0.717) is 13.0 Å². The van der Waals surface area contributed by atoms with Gasteiger partial charge in [-0.15, -0.1) is 11.3 Å². The number of hydrogen-bond acceptors (Lipinski definition) is 4. The second-order valence-electron chi connectivity index (χ2n) is 6.60. The van der Waals surface area contributed by atoms with Crippen LogP contribution in [0.15, 0.2) is 35.7 Å². The lowest BCUT2D eigenvalue weighted by atomic mass is 9.87. The van der Waals surface area contributed by atoms with Crippen molar-refractivity contribution in [1.29, 1.82) is 0 Å². The summed E-state index contributed by atoms with van der Waals surface area (Å²) in [6.07, 6.45) is 5.07. The third-order valence-electron chi connectivity index (χ3n) is 4.69. The van der Waals surface area contributed by atoms with Crippen molar-refractivity contribution in [2.75, 3.05) is 20.3 Å². The number of nitrogens with zero attached hydrogens (tertiary/aromatic N) is 1. The summed E-state index contributed by atoms with van der Waals surface area (Å²) >= 11 is 1.58. The Morgan fingerprint density at radius 2 is 2.04 bits per heavy atom. The van der Waals surface area contributed by atoms with Crippen molar-refractivity contribution in [3.63, 3.8) is 0 Å². The van der Waals surface area contributed by atoms with Gasteiger partial charge in [-0.3, -0.25) is 4.79 Å². The van der Waals surface area contributed by atoms with Crippen molar-refractivity contribution in [2.45, 2.75) is 32.1 Å². The molecule has 1 aromatic carbocycles. The molecule has 1 fully saturated rings. The maximum atomic E-state index is 12.3. The van der Waals surface area contributed by atoms with Gasteiger partial charge in [0.15, 0.2) is 0 Å². The first kappa shape index (κ1) is 17.1. The largest absolute Gasteiger partial charge is 0.384 e. The van der Waals surface area contributed by atoms with Gasteiger partial charge in [-0.1, -0.05) is 43.2 Å². The van der Waals surface area contributed by atoms with E-state index in [-0.39, 0.29) is 11.3 Å². The minimum atomic E-state index is 0.0438. The first-order valence-corrected chi connectivity index (χ1v) is 9.34. The summed E-state index contributed by atoms with van der Waals surface area (Å²) < 4.78 is 5.37. The van der Waals surface area contributed by atoms with Gasteiger partial charge < -0.3 is 10.1 Å². The highest BCUT2D eigenvalue weighted by molar-refractivity contribution is 7.13. The Balaban J connectivity index is 1.55. The molecule has 128 valence electrons. The van der Waals surface area contributed by atoms with Gasteiger partial charge in [0.1, 0.15) is 5.01 Å². The van der Waals surface area contributed by atoms with Crippen LogP contribution in [0.25, 0.3) is 10.6 Å². The molecule has 1 saturated carbocycles. The van der Waals surface area contributed by atoms with E-state index >= 15 is 0 Å². The third-order valence-corrected chi connectivity index (χ3v) is 5.63. The van der Waals surface area contributed by atoms with Crippen LogP contribution in [-0.4, -0.2) is 31.2 Å². The highest BCUT2D eigenvalue weighted by Crippen LogP contribution is 2.37. The number of amides is 1. The maximum absolute atomic E-state index is 12.3. The fourth-order valence-corrected chi connectivity index (χ4v) is 4.24. The van der Waals surface area contributed by atoms with Crippen LogP contribution in [-0.2, 0) is 16.0 Å². The molecule has 2 aromatic rings. The number of thiazole rings is 1. The fraction of sp³-hybridized carbons (Fsp3) is 0.474. The number of benzene rings is 1. The Bertz CT molecular complexity index is 663. The zero-order valence-electron chi connectivity index (χ0n) is 14.1. The van der Waals surface area contributed by atoms with Crippen molar-refractivity contribution in [3.8, 4) is 10.6 Å². The van der Waals surface area contributed by atoms with Crippen LogP contribution < -0.4 is 5.32 Å². The second kappa shape index (κ2) is 7.90. The first-order valence-electron chi connectivity index (χ1n) is 8.46. The van der Waals surface area contributed by atoms with Crippen LogP contribution in [0.3, 0.4) is 0 Å². The molecule has 5 heteroatoms. The number of rotatable bonds is 7. The van der Waals surface area contributed by atoms with Gasteiger partial charge in [0.2, 0.25) is 5.91 Å². The molecule has 0 radical (unpaired) electrons. The Hall–Kier alpha value is -1.72. The zero-order chi connectivity index (χ0) is 16.8. The lowest BCUT2D eigenvalue weighted by Crippen LogP contribution is -2.39. The van der Waals surface area contributed by atoms with Gasteiger partial charge in [-0.25, -0.2) is 4.98 Å². The summed E-state index contributed by atoms with van der Waals surface area (Å²) in [5, 5.41) is 6.03. The first-order chi connectivity index (χ1) is 11.7. The number of nitrogens with one attached hydrogen (secondary N) is 1. The molecule has 0 saturated heterocycles. The SMILES string of the molecule is COCC1(CNC(=O)Cc2csc(-c3ccccc3)n2)CCCC1. The molecule has 24 heavy (non-hydrogen) atoms. The van der Waals surface area contributed by atoms with Gasteiger partial charge in [0.25, 0.3) is 0 Å². The molecule has 0 aliphatic heterocycles. The van der Waals surface area contributed by atoms with Gasteiger partial charge in [0, 0.05) is 30.0 Å². The van der Waals surface area contributed by atoms with Crippen LogP contribution in [0, 0.1) is 5.41 Å². The van der Waals surface area contributed by atoms with E-state index in [9.17, 15) is 4.79 Å². The van der Waals surface area contributed by atoms with E-state index in [1.54, 1.807) is 18.4 Å². The lowest BCUT2D eigenvalue weighted by Gasteiger charge is -2.28. The molecular formula is C19H24N2O2S. The summed E-state index contributed by atoms with van der Waals surface area (Å²) in [4.78, 5) is 16.9. The molecule has 3 rings (SSSR count). The average Bonchev–Trinajstić information content (AvgIpc) is 3.25. The molecule has 1 aliphatic carbocycles. The molecule has 1 amide bonds. The van der Waals surface area contributed by atoms with Gasteiger partial charge in [-0.2, -0.15) is 0 Å². The van der Waals surface area contributed by atoms with Crippen LogP contribution >= 0.6 is 11.3 Å². The number of ether oxygens (including phenoxy) is 1. The highest BCUT2D eigenvalue weighted by atomic mass is 32.1. The van der Waals surface area contributed by atoms with E-state index in [4.69, 9.17) is 4.74 Å². The molecule has 1 N–H and O–H groups in total. The standard InChI is InChI=1S/C19H24N2O2S/c1-23-14-19(9-5-6-10-19)13-20-17(22)11-16-12-24-18(21-16)15-7-3-2-4-8-15/h2-4,7-8,12H,5-6,9-11,13-14H2,1H3,(H,20,22). The van der Waals surface area contributed by atoms with Crippen molar-refractivity contribution in [3.05, 3.63) is 41.4 Å². The molecule has 0 spiro atoms. The van der Waals surface area contributed by atoms with Crippen LogP contribution in [0.2, 0.25) is 0 Å². The zero-order valence-corrected chi connectivity index (χ0v) is 14.9. The number of carbonyl (C=O) groups is 1. The molecule has 1 aliphatic rings. The second-order valence-corrected chi connectivity index (χ2v) is 7.46. The smallest absolute Gasteiger partial charge is 0.226 e. The number of aromatic nitrogens is 1. The molecule has 4 nitrogen and oxygen atoms in total. The third kappa shape index (κ3) is 4.22. The van der Waals surface area contributed by atoms with E-state index in [1.165, 1.54) is 12.8 Å². The van der Waals surface area contributed by atoms with Gasteiger partial charge in [0.05, 0.1) is 18.7 Å². The average molecular weight is 344 g/mol. The van der Waals surface area contributed by atoms with E-state index in [1.807, 2.05) is 35.7 Å². The van der Waals surface area contributed by atoms with Gasteiger partial charge >= 0.3 is 0 Å². The van der Waals surface area contributed by atoms with Crippen LogP contribution in [0.1, 0.15) is 31.4 Å². The minimum Gasteiger partial charge on any atom is -0.384 e. The molecule has 0 bridgehead atoms. The fourth-order valence-electron chi connectivity index (χ4n) is 3.42. The Labute approximate surface area is 147 Å². The molecular weight excluding hydrogens is 320 g/mol. The van der Waals surface area contributed by atoms with E-state index in [2.05, 4.69) is 10.3 Å². The monoisotopic (exact) mass is 344 g/mol. The summed E-state index contributed by atoms with van der Waals surface area (Å²) in [6, 6.07) is 10.1. The minimum absolute atomic E-state index is 0.0438. The summed E-state index contributed by atoms with van der Waals surface area (Å²) in [5.41, 5.74) is 2.06. The van der Waals surface area contributed by atoms with Gasteiger partial charge in [-0.05, 0) is 12.8 Å². The van der Waals surface area contributed by atoms with E-state index < -0.39 is 0 Å². The molecule has 0 unspecified atom stereocenters. The predicted octanol–water partition coefficient (Wildman–Crippen LogP) is 3.68. The predicted molar refractivity (Wildman–Crippen MR) is 97.0 cm³/mol. The lowest BCUT2D eigenvalue weighted by molar-refractivity contribution is -0.121. The number of methoxy groups -OCH3 is 1. The summed E-state index contributed by atoms with van der Waals surface area (Å²) in [6.45, 7) is 1.43. The van der Waals surface area contributed by atoms with Crippen molar-refractivity contribution in [2.24, 2.45) is 5.41 Å². The van der Waals surface area contributed by atoms with Crippen LogP contribution in [0.5, 0.6) is 0 Å². The topological polar surface area (TPSA) is 51.2 Å². The Kier molecular flexibility index (Phi) is 5.63. The quantitative estimate of drug-likeness (QED) is 0.834. The molecule has 1 heterocycles. The van der Waals surface area contributed by atoms with Crippen molar-refractivity contribution >= 4 is 17.2 Å². The van der Waals surface area contributed by atoms with Crippen LogP contribution in [0.4, 0.5) is 0 Å².